The lowest BCUT2D eigenvalue weighted by molar-refractivity contribution is 0.481. The molecule has 0 saturated carbocycles. The summed E-state index contributed by atoms with van der Waals surface area (Å²) in [5.74, 6) is 0. The molecule has 0 bridgehead atoms. The van der Waals surface area contributed by atoms with Crippen molar-refractivity contribution in [3.63, 3.8) is 0 Å². The number of hydrogen-bond donors (Lipinski definition) is 1. The first kappa shape index (κ1) is 17.0. The molecule has 0 amide bonds. The summed E-state index contributed by atoms with van der Waals surface area (Å²) >= 11 is 0. The molecule has 11 heavy (non-hydrogen) atoms. The Labute approximate surface area is 70.1 Å². The third-order valence-electron chi connectivity index (χ3n) is 0.988. The lowest BCUT2D eigenvalue weighted by Crippen LogP contribution is -1.84. The number of rotatable bonds is 2. The molecule has 0 unspecified atom stereocenters. The Bertz CT molecular complexity index is 103. The van der Waals surface area contributed by atoms with Gasteiger partial charge in [0.1, 0.15) is 0 Å². The van der Waals surface area contributed by atoms with Crippen molar-refractivity contribution in [2.45, 2.75) is 13.8 Å². The minimum Gasteiger partial charge on any atom is -0.344 e. The molecule has 0 saturated heterocycles. The van der Waals surface area contributed by atoms with E-state index in [0.29, 0.717) is 12.3 Å². The zero-order valence-electron chi connectivity index (χ0n) is 7.55. The average molecular weight is 178 g/mol. The van der Waals surface area contributed by atoms with E-state index in [1.165, 1.54) is 0 Å². The average Bonchev–Trinajstić information content (AvgIpc) is 2.12. The maximum atomic E-state index is 10.5. The van der Waals surface area contributed by atoms with E-state index >= 15 is 0 Å². The first-order chi connectivity index (χ1) is 5.12. The summed E-state index contributed by atoms with van der Waals surface area (Å²) in [6.45, 7) is 15.5. The zero-order chi connectivity index (χ0) is 9.91. The molecular weight excluding hydrogens is 159 g/mol. The summed E-state index contributed by atoms with van der Waals surface area (Å²) in [4.78, 5) is 8.69. The molecule has 0 aromatic heterocycles. The third-order valence-corrected chi connectivity index (χ3v) is 2.96. The van der Waals surface area contributed by atoms with Gasteiger partial charge < -0.3 is 4.89 Å². The van der Waals surface area contributed by atoms with Crippen LogP contribution in [-0.2, 0) is 4.57 Å². The lowest BCUT2D eigenvalue weighted by atomic mass is 11.0. The zero-order valence-corrected chi connectivity index (χ0v) is 8.44. The Kier molecular flexibility index (Phi) is 19.1. The Balaban J connectivity index is -0.000000138. The van der Waals surface area contributed by atoms with Gasteiger partial charge in [0.15, 0.2) is 7.37 Å². The first-order valence-electron chi connectivity index (χ1n) is 3.43. The van der Waals surface area contributed by atoms with E-state index in [1.807, 2.05) is 0 Å². The molecule has 0 radical (unpaired) electrons. The van der Waals surface area contributed by atoms with Gasteiger partial charge in [-0.3, -0.25) is 4.57 Å². The van der Waals surface area contributed by atoms with Crippen LogP contribution in [0.2, 0.25) is 0 Å². The molecule has 3 heteroatoms. The van der Waals surface area contributed by atoms with Gasteiger partial charge in [0.25, 0.3) is 0 Å². The molecule has 0 heterocycles. The van der Waals surface area contributed by atoms with Gasteiger partial charge >= 0.3 is 0 Å². The van der Waals surface area contributed by atoms with Crippen LogP contribution in [0.3, 0.4) is 0 Å². The minimum absolute atomic E-state index is 0.406. The molecule has 0 aliphatic heterocycles. The highest BCUT2D eigenvalue weighted by Gasteiger charge is 2.08. The maximum absolute atomic E-state index is 10.5. The van der Waals surface area contributed by atoms with E-state index in [1.54, 1.807) is 13.8 Å². The second-order valence-corrected chi connectivity index (χ2v) is 4.44. The van der Waals surface area contributed by atoms with E-state index in [9.17, 15) is 4.57 Å². The van der Waals surface area contributed by atoms with Crippen molar-refractivity contribution in [1.82, 2.24) is 0 Å². The number of hydrogen-bond acceptors (Lipinski definition) is 1. The predicted molar refractivity (Wildman–Crippen MR) is 53.4 cm³/mol. The smallest absolute Gasteiger partial charge is 0.200 e. The second-order valence-electron chi connectivity index (χ2n) is 1.48. The lowest BCUT2D eigenvalue weighted by Gasteiger charge is -2.01. The summed E-state index contributed by atoms with van der Waals surface area (Å²) in [6, 6.07) is 0. The monoisotopic (exact) mass is 178 g/mol. The Hall–Kier alpha value is -0.330. The topological polar surface area (TPSA) is 37.3 Å². The van der Waals surface area contributed by atoms with Gasteiger partial charge in [-0.05, 0) is 0 Å². The van der Waals surface area contributed by atoms with Crippen LogP contribution in [0.25, 0.3) is 0 Å². The molecule has 0 atom stereocenters. The van der Waals surface area contributed by atoms with Crippen LogP contribution in [0.5, 0.6) is 0 Å². The van der Waals surface area contributed by atoms with Crippen molar-refractivity contribution in [2.24, 2.45) is 0 Å². The van der Waals surface area contributed by atoms with Crippen LogP contribution in [0.1, 0.15) is 13.8 Å². The molecule has 68 valence electrons. The van der Waals surface area contributed by atoms with Gasteiger partial charge in [0.2, 0.25) is 0 Å². The Morgan fingerprint density at radius 3 is 1.27 bits per heavy atom. The predicted octanol–water partition coefficient (Wildman–Crippen LogP) is 2.90. The molecule has 0 aliphatic rings. The largest absolute Gasteiger partial charge is 0.344 e. The molecule has 2 nitrogen and oxygen atoms in total. The standard InChI is InChI=1S/C4H11O2P.2C2H4/c1-3-7(5,6)4-2;2*1-2/h3-4H2,1-2H3,(H,5,6);2*1-2H2. The normalized spacial score (nSPS) is 8.27. The fourth-order valence-corrected chi connectivity index (χ4v) is 0.671. The van der Waals surface area contributed by atoms with Crippen molar-refractivity contribution in [3.8, 4) is 0 Å². The van der Waals surface area contributed by atoms with Crippen LogP contribution in [0.15, 0.2) is 26.3 Å². The highest BCUT2D eigenvalue weighted by atomic mass is 31.2. The van der Waals surface area contributed by atoms with Gasteiger partial charge in [-0.2, -0.15) is 0 Å². The third kappa shape index (κ3) is 17.7. The van der Waals surface area contributed by atoms with Crippen molar-refractivity contribution >= 4 is 7.37 Å². The Morgan fingerprint density at radius 1 is 1.09 bits per heavy atom. The second kappa shape index (κ2) is 12.4. The molecule has 0 aliphatic carbocycles. The van der Waals surface area contributed by atoms with Crippen molar-refractivity contribution in [3.05, 3.63) is 26.3 Å². The summed E-state index contributed by atoms with van der Waals surface area (Å²) in [5, 5.41) is 0. The summed E-state index contributed by atoms with van der Waals surface area (Å²) in [5.41, 5.74) is 0. The molecule has 0 rings (SSSR count). The minimum atomic E-state index is -2.65. The molecule has 0 aromatic rings. The van der Waals surface area contributed by atoms with Gasteiger partial charge in [-0.1, -0.05) is 13.8 Å². The summed E-state index contributed by atoms with van der Waals surface area (Å²) in [6.07, 6.45) is 0.812. The highest BCUT2D eigenvalue weighted by Crippen LogP contribution is 2.38. The van der Waals surface area contributed by atoms with Crippen LogP contribution in [-0.4, -0.2) is 17.2 Å². The molecular formula is C8H19O2P. The first-order valence-corrected chi connectivity index (χ1v) is 5.46. The van der Waals surface area contributed by atoms with E-state index < -0.39 is 7.37 Å². The van der Waals surface area contributed by atoms with E-state index in [0.717, 1.165) is 0 Å². The van der Waals surface area contributed by atoms with Crippen LogP contribution in [0.4, 0.5) is 0 Å². The highest BCUT2D eigenvalue weighted by molar-refractivity contribution is 7.57. The molecule has 0 aromatic carbocycles. The van der Waals surface area contributed by atoms with Crippen molar-refractivity contribution < 1.29 is 9.46 Å². The van der Waals surface area contributed by atoms with Crippen LogP contribution < -0.4 is 0 Å². The van der Waals surface area contributed by atoms with Gasteiger partial charge in [-0.25, -0.2) is 0 Å². The van der Waals surface area contributed by atoms with Gasteiger partial charge in [-0.15, -0.1) is 26.3 Å². The fraction of sp³-hybridized carbons (Fsp3) is 0.500. The van der Waals surface area contributed by atoms with Gasteiger partial charge in [0.05, 0.1) is 0 Å². The summed E-state index contributed by atoms with van der Waals surface area (Å²) in [7, 11) is -2.65. The van der Waals surface area contributed by atoms with Crippen molar-refractivity contribution in [1.29, 1.82) is 0 Å². The van der Waals surface area contributed by atoms with Crippen LogP contribution in [0, 0.1) is 0 Å². The molecule has 0 fully saturated rings. The SMILES string of the molecule is C=C.C=C.CCP(=O)(O)CC. The van der Waals surface area contributed by atoms with E-state index in [4.69, 9.17) is 4.89 Å². The maximum Gasteiger partial charge on any atom is 0.200 e. The fourth-order valence-electron chi connectivity index (χ4n) is 0.224. The van der Waals surface area contributed by atoms with E-state index in [2.05, 4.69) is 26.3 Å². The van der Waals surface area contributed by atoms with E-state index in [-0.39, 0.29) is 0 Å². The summed E-state index contributed by atoms with van der Waals surface area (Å²) < 4.78 is 10.5. The Morgan fingerprint density at radius 2 is 1.27 bits per heavy atom. The van der Waals surface area contributed by atoms with Gasteiger partial charge in [0, 0.05) is 12.3 Å². The quantitative estimate of drug-likeness (QED) is 0.521. The van der Waals surface area contributed by atoms with Crippen LogP contribution >= 0.6 is 7.37 Å². The van der Waals surface area contributed by atoms with Crippen molar-refractivity contribution in [2.75, 3.05) is 12.3 Å². The molecule has 1 N–H and O–H groups in total. The molecule has 0 spiro atoms.